The summed E-state index contributed by atoms with van der Waals surface area (Å²) in [7, 11) is 0. The molecule has 0 fully saturated rings. The van der Waals surface area contributed by atoms with Crippen molar-refractivity contribution >= 4 is 11.3 Å². The molecule has 0 amide bonds. The Bertz CT molecular complexity index is 1110. The van der Waals surface area contributed by atoms with E-state index in [0.29, 0.717) is 6.54 Å². The highest BCUT2D eigenvalue weighted by Gasteiger charge is 2.30. The molecule has 0 unspecified atom stereocenters. The number of aryl methyl sites for hydroxylation is 2. The van der Waals surface area contributed by atoms with Crippen molar-refractivity contribution in [3.8, 4) is 0 Å². The Balaban J connectivity index is 1.57. The number of hydrogen-bond donors (Lipinski definition) is 0. The second-order valence-electron chi connectivity index (χ2n) is 7.23. The average Bonchev–Trinajstić information content (AvgIpc) is 3.34. The summed E-state index contributed by atoms with van der Waals surface area (Å²) in [5.41, 5.74) is 4.16. The summed E-state index contributed by atoms with van der Waals surface area (Å²) >= 11 is 0. The first-order valence-corrected chi connectivity index (χ1v) is 9.62. The van der Waals surface area contributed by atoms with E-state index >= 15 is 0 Å². The molecule has 4 aromatic rings. The summed E-state index contributed by atoms with van der Waals surface area (Å²) in [5, 5.41) is 21.7. The lowest BCUT2D eigenvalue weighted by atomic mass is 10.0. The van der Waals surface area contributed by atoms with Gasteiger partial charge in [0.05, 0.1) is 24.0 Å². The van der Waals surface area contributed by atoms with Gasteiger partial charge in [-0.1, -0.05) is 37.3 Å². The fourth-order valence-corrected chi connectivity index (χ4v) is 4.06. The van der Waals surface area contributed by atoms with E-state index in [1.807, 2.05) is 6.92 Å². The summed E-state index contributed by atoms with van der Waals surface area (Å²) in [4.78, 5) is 2.34. The van der Waals surface area contributed by atoms with Crippen molar-refractivity contribution in [2.45, 2.75) is 39.3 Å². The van der Waals surface area contributed by atoms with E-state index in [1.54, 1.807) is 10.8 Å². The molecule has 0 spiro atoms. The van der Waals surface area contributed by atoms with E-state index in [-0.39, 0.29) is 6.04 Å². The molecular formula is C20H22N8. The third kappa shape index (κ3) is 2.81. The minimum atomic E-state index is 0.252. The van der Waals surface area contributed by atoms with E-state index in [2.05, 4.69) is 78.3 Å². The van der Waals surface area contributed by atoms with Crippen molar-refractivity contribution in [1.29, 1.82) is 0 Å². The van der Waals surface area contributed by atoms with Gasteiger partial charge >= 0.3 is 0 Å². The minimum absolute atomic E-state index is 0.252. The molecule has 0 N–H and O–H groups in total. The molecule has 4 heterocycles. The molecule has 3 aromatic heterocycles. The molecule has 1 aliphatic rings. The fraction of sp³-hybridized carbons (Fsp3) is 0.350. The van der Waals surface area contributed by atoms with Crippen molar-refractivity contribution < 1.29 is 0 Å². The summed E-state index contributed by atoms with van der Waals surface area (Å²) in [6, 6.07) is 13.0. The second-order valence-corrected chi connectivity index (χ2v) is 7.23. The van der Waals surface area contributed by atoms with Crippen LogP contribution in [0.3, 0.4) is 0 Å². The monoisotopic (exact) mass is 374 g/mol. The lowest BCUT2D eigenvalue weighted by molar-refractivity contribution is 0.423. The van der Waals surface area contributed by atoms with Crippen molar-refractivity contribution in [1.82, 2.24) is 34.6 Å². The van der Waals surface area contributed by atoms with Crippen LogP contribution >= 0.6 is 0 Å². The Morgan fingerprint density at radius 2 is 1.96 bits per heavy atom. The highest BCUT2D eigenvalue weighted by atomic mass is 15.4. The smallest absolute Gasteiger partial charge is 0.200 e. The zero-order chi connectivity index (χ0) is 19.1. The first kappa shape index (κ1) is 16.9. The van der Waals surface area contributed by atoms with Gasteiger partial charge in [0.1, 0.15) is 12.2 Å². The van der Waals surface area contributed by atoms with E-state index in [0.717, 1.165) is 48.1 Å². The van der Waals surface area contributed by atoms with Gasteiger partial charge in [0.25, 0.3) is 0 Å². The Hall–Kier alpha value is -3.29. The highest BCUT2D eigenvalue weighted by molar-refractivity contribution is 5.68. The molecule has 0 saturated heterocycles. The second kappa shape index (κ2) is 6.70. The van der Waals surface area contributed by atoms with E-state index < -0.39 is 0 Å². The topological polar surface area (TPSA) is 77.0 Å². The molecular weight excluding hydrogens is 352 g/mol. The van der Waals surface area contributed by atoms with Gasteiger partial charge in [-0.25, -0.2) is 0 Å². The molecule has 1 aromatic carbocycles. The number of fused-ring (bicyclic) bond motifs is 2. The van der Waals surface area contributed by atoms with Gasteiger partial charge in [0.15, 0.2) is 5.82 Å². The van der Waals surface area contributed by atoms with Crippen LogP contribution in [-0.2, 0) is 19.4 Å². The summed E-state index contributed by atoms with van der Waals surface area (Å²) in [6.45, 7) is 5.69. The standard InChI is InChI=1S/C20H22N8/c1-3-16-10-18(20-24-21-13-27(20)25-16)26-11-17(9-15-7-5-4-6-8-15)28-14(2)22-23-19(28)12-26/h4-8,10,13,17H,3,9,11-12H2,1-2H3/t17-/m1/s1. The lowest BCUT2D eigenvalue weighted by Gasteiger charge is -2.35. The quantitative estimate of drug-likeness (QED) is 0.546. The van der Waals surface area contributed by atoms with E-state index in [4.69, 9.17) is 0 Å². The average molecular weight is 374 g/mol. The maximum atomic E-state index is 4.58. The van der Waals surface area contributed by atoms with Crippen molar-refractivity contribution in [2.24, 2.45) is 0 Å². The van der Waals surface area contributed by atoms with Gasteiger partial charge in [0.2, 0.25) is 5.65 Å². The summed E-state index contributed by atoms with van der Waals surface area (Å²) < 4.78 is 4.05. The molecule has 1 aliphatic heterocycles. The van der Waals surface area contributed by atoms with Crippen LogP contribution in [0.1, 0.15) is 35.9 Å². The maximum Gasteiger partial charge on any atom is 0.200 e. The molecule has 1 atom stereocenters. The van der Waals surface area contributed by atoms with Crippen LogP contribution in [0.2, 0.25) is 0 Å². The van der Waals surface area contributed by atoms with Crippen LogP contribution < -0.4 is 4.90 Å². The van der Waals surface area contributed by atoms with E-state index in [1.165, 1.54) is 5.56 Å². The van der Waals surface area contributed by atoms with Crippen LogP contribution in [0.25, 0.3) is 5.65 Å². The Morgan fingerprint density at radius 1 is 1.11 bits per heavy atom. The van der Waals surface area contributed by atoms with Crippen LogP contribution in [0, 0.1) is 6.92 Å². The largest absolute Gasteiger partial charge is 0.359 e. The highest BCUT2D eigenvalue weighted by Crippen LogP contribution is 2.31. The molecule has 8 nitrogen and oxygen atoms in total. The molecule has 8 heteroatoms. The number of nitrogens with zero attached hydrogens (tertiary/aromatic N) is 8. The predicted octanol–water partition coefficient (Wildman–Crippen LogP) is 2.39. The zero-order valence-electron chi connectivity index (χ0n) is 16.0. The predicted molar refractivity (Wildman–Crippen MR) is 105 cm³/mol. The normalized spacial score (nSPS) is 16.5. The Kier molecular flexibility index (Phi) is 4.03. The molecule has 28 heavy (non-hydrogen) atoms. The first-order chi connectivity index (χ1) is 13.7. The minimum Gasteiger partial charge on any atom is -0.359 e. The number of anilines is 1. The molecule has 0 saturated carbocycles. The van der Waals surface area contributed by atoms with Crippen LogP contribution in [-0.4, -0.2) is 41.1 Å². The van der Waals surface area contributed by atoms with Gasteiger partial charge in [-0.15, -0.1) is 20.4 Å². The van der Waals surface area contributed by atoms with E-state index in [9.17, 15) is 0 Å². The third-order valence-electron chi connectivity index (χ3n) is 5.38. The van der Waals surface area contributed by atoms with Gasteiger partial charge in [-0.05, 0) is 31.4 Å². The lowest BCUT2D eigenvalue weighted by Crippen LogP contribution is -2.39. The molecule has 0 radical (unpaired) electrons. The van der Waals surface area contributed by atoms with Crippen molar-refractivity contribution in [3.63, 3.8) is 0 Å². The maximum absolute atomic E-state index is 4.58. The molecule has 5 rings (SSSR count). The molecule has 142 valence electrons. The number of aromatic nitrogens is 7. The zero-order valence-corrected chi connectivity index (χ0v) is 16.0. The van der Waals surface area contributed by atoms with Crippen LogP contribution in [0.4, 0.5) is 5.69 Å². The van der Waals surface area contributed by atoms with Crippen molar-refractivity contribution in [3.05, 3.63) is 65.6 Å². The van der Waals surface area contributed by atoms with Gasteiger partial charge in [-0.2, -0.15) is 9.61 Å². The molecule has 0 bridgehead atoms. The SMILES string of the molecule is CCc1cc(N2Cc3nnc(C)n3[C@H](Cc3ccccc3)C2)c2nncn2n1. The van der Waals surface area contributed by atoms with Gasteiger partial charge in [-0.3, -0.25) is 0 Å². The van der Waals surface area contributed by atoms with Gasteiger partial charge < -0.3 is 9.47 Å². The Morgan fingerprint density at radius 3 is 2.79 bits per heavy atom. The summed E-state index contributed by atoms with van der Waals surface area (Å²) in [5.74, 6) is 1.95. The van der Waals surface area contributed by atoms with Crippen LogP contribution in [0.5, 0.6) is 0 Å². The summed E-state index contributed by atoms with van der Waals surface area (Å²) in [6.07, 6.45) is 3.45. The first-order valence-electron chi connectivity index (χ1n) is 9.62. The van der Waals surface area contributed by atoms with Crippen LogP contribution in [0.15, 0.2) is 42.7 Å². The fourth-order valence-electron chi connectivity index (χ4n) is 4.06. The third-order valence-corrected chi connectivity index (χ3v) is 5.38. The number of hydrogen-bond acceptors (Lipinski definition) is 6. The number of rotatable bonds is 4. The molecule has 0 aliphatic carbocycles. The van der Waals surface area contributed by atoms with Crippen molar-refractivity contribution in [2.75, 3.05) is 11.4 Å². The van der Waals surface area contributed by atoms with Gasteiger partial charge in [0, 0.05) is 6.54 Å². The number of benzene rings is 1. The Labute approximate surface area is 162 Å².